The van der Waals surface area contributed by atoms with Crippen molar-refractivity contribution in [1.82, 2.24) is 0 Å². The molecule has 4 aliphatic rings. The Morgan fingerprint density at radius 1 is 0.931 bits per heavy atom. The maximum Gasteiger partial charge on any atom is 0.258 e. The fourth-order valence-corrected chi connectivity index (χ4v) is 6.68. The zero-order valence-corrected chi connectivity index (χ0v) is 16.7. The third-order valence-corrected chi connectivity index (χ3v) is 7.89. The van der Waals surface area contributed by atoms with Crippen LogP contribution in [0.4, 0.5) is 15.8 Å². The van der Waals surface area contributed by atoms with E-state index in [1.807, 2.05) is 0 Å². The van der Waals surface area contributed by atoms with Crippen LogP contribution in [0.1, 0.15) is 71.8 Å². The van der Waals surface area contributed by atoms with Crippen LogP contribution >= 0.6 is 0 Å². The molecule has 4 atom stereocenters. The van der Waals surface area contributed by atoms with Crippen molar-refractivity contribution in [2.24, 2.45) is 11.8 Å². The van der Waals surface area contributed by atoms with E-state index in [9.17, 15) is 9.18 Å². The van der Waals surface area contributed by atoms with Gasteiger partial charge in [0.15, 0.2) is 0 Å². The van der Waals surface area contributed by atoms with Crippen molar-refractivity contribution >= 4 is 17.3 Å². The first kappa shape index (κ1) is 17.5. The van der Waals surface area contributed by atoms with Crippen LogP contribution in [0.3, 0.4) is 0 Å². The van der Waals surface area contributed by atoms with E-state index in [0.717, 1.165) is 17.5 Å². The summed E-state index contributed by atoms with van der Waals surface area (Å²) in [6.07, 6.45) is 7.74. The van der Waals surface area contributed by atoms with Crippen LogP contribution in [0.25, 0.3) is 0 Å². The molecule has 4 heteroatoms. The van der Waals surface area contributed by atoms with Crippen molar-refractivity contribution in [3.8, 4) is 0 Å². The summed E-state index contributed by atoms with van der Waals surface area (Å²) in [5.41, 5.74) is 5.29. The molecule has 3 nitrogen and oxygen atoms in total. The molecule has 2 aromatic rings. The van der Waals surface area contributed by atoms with Gasteiger partial charge in [0.05, 0.1) is 5.56 Å². The Morgan fingerprint density at radius 3 is 2.17 bits per heavy atom. The second kappa shape index (κ2) is 6.58. The topological polar surface area (TPSA) is 32.3 Å². The SMILES string of the molecule is O=C(Nc1cc2c3c(c1)[C@@H]1CCC[C@@H]1CN3C[C@H]1CCC[C@H]21)c1ccccc1F. The number of halogens is 1. The standard InChI is InChI=1S/C25H27FN2O/c26-23-10-2-1-7-20(23)25(29)27-17-11-21-18-8-3-5-15(18)13-28-14-16-6-4-9-19(16)22(12-17)24(21)28/h1-2,7,10-12,15-16,18-19H,3-6,8-9,13-14H2,(H,27,29)/t15-,16-,18-,19+/m1/s1. The Balaban J connectivity index is 1.43. The molecule has 1 amide bonds. The van der Waals surface area contributed by atoms with E-state index in [1.54, 1.807) is 18.2 Å². The average molecular weight is 391 g/mol. The van der Waals surface area contributed by atoms with Crippen molar-refractivity contribution < 1.29 is 9.18 Å². The molecular formula is C25H27FN2O. The molecule has 0 spiro atoms. The van der Waals surface area contributed by atoms with Crippen LogP contribution in [0.15, 0.2) is 36.4 Å². The number of carbonyl (C=O) groups excluding carboxylic acids is 1. The van der Waals surface area contributed by atoms with Gasteiger partial charge in [-0.25, -0.2) is 4.39 Å². The van der Waals surface area contributed by atoms with Crippen LogP contribution in [0.2, 0.25) is 0 Å². The third-order valence-electron chi connectivity index (χ3n) is 7.89. The van der Waals surface area contributed by atoms with E-state index in [4.69, 9.17) is 0 Å². The molecule has 2 saturated carbocycles. The van der Waals surface area contributed by atoms with Gasteiger partial charge in [-0.2, -0.15) is 0 Å². The van der Waals surface area contributed by atoms with Gasteiger partial charge in [0, 0.05) is 24.5 Å². The molecule has 150 valence electrons. The number of benzene rings is 2. The lowest BCUT2D eigenvalue weighted by molar-refractivity contribution is 0.102. The minimum atomic E-state index is -0.470. The van der Waals surface area contributed by atoms with E-state index in [2.05, 4.69) is 22.3 Å². The summed E-state index contributed by atoms with van der Waals surface area (Å²) in [4.78, 5) is 15.4. The Kier molecular flexibility index (Phi) is 3.97. The summed E-state index contributed by atoms with van der Waals surface area (Å²) < 4.78 is 14.1. The summed E-state index contributed by atoms with van der Waals surface area (Å²) in [5.74, 6) is 1.88. The van der Waals surface area contributed by atoms with E-state index in [1.165, 1.54) is 74.5 Å². The average Bonchev–Trinajstić information content (AvgIpc) is 3.37. The molecule has 29 heavy (non-hydrogen) atoms. The third kappa shape index (κ3) is 2.72. The van der Waals surface area contributed by atoms with Gasteiger partial charge in [0.2, 0.25) is 0 Å². The van der Waals surface area contributed by atoms with Crippen LogP contribution in [0.5, 0.6) is 0 Å². The number of fused-ring (bicyclic) bond motifs is 4. The zero-order chi connectivity index (χ0) is 19.5. The molecule has 2 heterocycles. The number of nitrogens with zero attached hydrogens (tertiary/aromatic N) is 1. The number of amides is 1. The van der Waals surface area contributed by atoms with Crippen molar-refractivity contribution in [2.45, 2.75) is 50.4 Å². The molecule has 1 N–H and O–H groups in total. The van der Waals surface area contributed by atoms with Gasteiger partial charge in [-0.1, -0.05) is 25.0 Å². The van der Waals surface area contributed by atoms with Crippen molar-refractivity contribution in [2.75, 3.05) is 23.3 Å². The predicted molar refractivity (Wildman–Crippen MR) is 113 cm³/mol. The number of carbonyl (C=O) groups is 1. The van der Waals surface area contributed by atoms with Gasteiger partial charge >= 0.3 is 0 Å². The quantitative estimate of drug-likeness (QED) is 0.716. The molecule has 2 aromatic carbocycles. The van der Waals surface area contributed by atoms with Crippen molar-refractivity contribution in [3.05, 3.63) is 58.9 Å². The lowest BCUT2D eigenvalue weighted by Gasteiger charge is -2.46. The number of anilines is 2. The molecular weight excluding hydrogens is 363 g/mol. The number of hydrogen-bond acceptors (Lipinski definition) is 2. The predicted octanol–water partition coefficient (Wildman–Crippen LogP) is 5.68. The fourth-order valence-electron chi connectivity index (χ4n) is 6.68. The van der Waals surface area contributed by atoms with E-state index in [0.29, 0.717) is 11.8 Å². The van der Waals surface area contributed by atoms with Gasteiger partial charge < -0.3 is 10.2 Å². The molecule has 0 aromatic heterocycles. The monoisotopic (exact) mass is 390 g/mol. The molecule has 2 fully saturated rings. The van der Waals surface area contributed by atoms with E-state index < -0.39 is 5.82 Å². The summed E-state index contributed by atoms with van der Waals surface area (Å²) in [7, 11) is 0. The van der Waals surface area contributed by atoms with Gasteiger partial charge in [0.1, 0.15) is 5.82 Å². The zero-order valence-electron chi connectivity index (χ0n) is 16.7. The van der Waals surface area contributed by atoms with Crippen molar-refractivity contribution in [1.29, 1.82) is 0 Å². The Labute approximate surface area is 171 Å². The van der Waals surface area contributed by atoms with Gasteiger partial charge in [-0.15, -0.1) is 0 Å². The molecule has 0 saturated heterocycles. The van der Waals surface area contributed by atoms with E-state index >= 15 is 0 Å². The molecule has 2 aliphatic carbocycles. The second-order valence-electron chi connectivity index (χ2n) is 9.44. The Hall–Kier alpha value is -2.36. The first-order valence-electron chi connectivity index (χ1n) is 11.2. The van der Waals surface area contributed by atoms with Crippen LogP contribution in [0, 0.1) is 17.7 Å². The van der Waals surface area contributed by atoms with Gasteiger partial charge in [-0.05, 0) is 84.7 Å². The largest absolute Gasteiger partial charge is 0.370 e. The van der Waals surface area contributed by atoms with E-state index in [-0.39, 0.29) is 11.5 Å². The van der Waals surface area contributed by atoms with Gasteiger partial charge in [0.25, 0.3) is 5.91 Å². The summed E-state index contributed by atoms with van der Waals surface area (Å²) >= 11 is 0. The van der Waals surface area contributed by atoms with Crippen LogP contribution in [-0.4, -0.2) is 19.0 Å². The first-order chi connectivity index (χ1) is 14.2. The first-order valence-corrected chi connectivity index (χ1v) is 11.2. The molecule has 2 aliphatic heterocycles. The highest BCUT2D eigenvalue weighted by molar-refractivity contribution is 6.04. The minimum absolute atomic E-state index is 0.109. The smallest absolute Gasteiger partial charge is 0.258 e. The second-order valence-corrected chi connectivity index (χ2v) is 9.44. The highest BCUT2D eigenvalue weighted by atomic mass is 19.1. The maximum atomic E-state index is 14.1. The highest BCUT2D eigenvalue weighted by Crippen LogP contribution is 2.56. The Bertz CT molecular complexity index is 942. The molecule has 6 rings (SSSR count). The maximum absolute atomic E-state index is 14.1. The minimum Gasteiger partial charge on any atom is -0.370 e. The lowest BCUT2D eigenvalue weighted by Crippen LogP contribution is -2.43. The van der Waals surface area contributed by atoms with Crippen LogP contribution in [-0.2, 0) is 0 Å². The molecule has 0 radical (unpaired) electrons. The van der Waals surface area contributed by atoms with Crippen molar-refractivity contribution in [3.63, 3.8) is 0 Å². The normalized spacial score (nSPS) is 29.2. The van der Waals surface area contributed by atoms with Crippen LogP contribution < -0.4 is 10.2 Å². The Morgan fingerprint density at radius 2 is 1.55 bits per heavy atom. The number of hydrogen-bond donors (Lipinski definition) is 1. The lowest BCUT2D eigenvalue weighted by atomic mass is 9.75. The summed E-state index contributed by atoms with van der Waals surface area (Å²) in [5, 5.41) is 3.03. The molecule has 0 unspecified atom stereocenters. The summed E-state index contributed by atoms with van der Waals surface area (Å²) in [6.45, 7) is 2.41. The number of nitrogens with one attached hydrogen (secondary N) is 1. The summed E-state index contributed by atoms with van der Waals surface area (Å²) in [6, 6.07) is 10.6. The number of rotatable bonds is 2. The molecule has 0 bridgehead atoms. The fraction of sp³-hybridized carbons (Fsp3) is 0.480. The highest BCUT2D eigenvalue weighted by Gasteiger charge is 2.44. The van der Waals surface area contributed by atoms with Gasteiger partial charge in [-0.3, -0.25) is 4.79 Å².